The number of aliphatic hydroxyl groups excluding tert-OH is 1. The van der Waals surface area contributed by atoms with Gasteiger partial charge in [-0.3, -0.25) is 4.79 Å². The number of amides is 2. The van der Waals surface area contributed by atoms with Crippen LogP contribution in [-0.2, 0) is 14.3 Å². The minimum absolute atomic E-state index is 0.0692. The number of ether oxygens (including phenoxy) is 1. The molecular formula is C23H24N2O6S. The predicted octanol–water partition coefficient (Wildman–Crippen LogP) is 2.26. The first-order valence-corrected chi connectivity index (χ1v) is 11.5. The molecule has 2 amide bonds. The number of alkyl carbamates (subject to hydrolysis) is 1. The van der Waals surface area contributed by atoms with Crippen molar-refractivity contribution in [2.24, 2.45) is 0 Å². The van der Waals surface area contributed by atoms with E-state index >= 15 is 0 Å². The Bertz CT molecular complexity index is 984. The van der Waals surface area contributed by atoms with Crippen molar-refractivity contribution in [3.63, 3.8) is 0 Å². The van der Waals surface area contributed by atoms with Crippen LogP contribution in [0.4, 0.5) is 4.79 Å². The quantitative estimate of drug-likeness (QED) is 0.585. The maximum Gasteiger partial charge on any atom is 0.407 e. The first-order valence-electron chi connectivity index (χ1n) is 10.3. The van der Waals surface area contributed by atoms with E-state index in [-0.39, 0.29) is 31.4 Å². The van der Waals surface area contributed by atoms with Crippen molar-refractivity contribution in [3.8, 4) is 11.1 Å². The van der Waals surface area contributed by atoms with Crippen molar-refractivity contribution in [1.82, 2.24) is 10.2 Å². The fraction of sp³-hybridized carbons (Fsp3) is 0.348. The van der Waals surface area contributed by atoms with Crippen LogP contribution in [0, 0.1) is 0 Å². The van der Waals surface area contributed by atoms with Crippen LogP contribution in [0.3, 0.4) is 0 Å². The highest BCUT2D eigenvalue weighted by Crippen LogP contribution is 2.44. The third kappa shape index (κ3) is 4.58. The second-order valence-electron chi connectivity index (χ2n) is 7.78. The van der Waals surface area contributed by atoms with E-state index < -0.39 is 30.1 Å². The van der Waals surface area contributed by atoms with Crippen LogP contribution >= 0.6 is 11.8 Å². The molecule has 0 bridgehead atoms. The SMILES string of the molecule is O=C(NCC(O)CC(=O)N1CSC[C@H]1C(=O)O)OCC1c2ccccc2-c2ccccc21. The molecule has 2 aromatic rings. The average Bonchev–Trinajstić information content (AvgIpc) is 3.40. The molecule has 2 aliphatic rings. The van der Waals surface area contributed by atoms with Crippen molar-refractivity contribution in [2.75, 3.05) is 24.8 Å². The first kappa shape index (κ1) is 22.2. The molecule has 3 N–H and O–H groups in total. The van der Waals surface area contributed by atoms with E-state index in [0.717, 1.165) is 22.3 Å². The minimum atomic E-state index is -1.14. The molecule has 0 aromatic heterocycles. The van der Waals surface area contributed by atoms with Gasteiger partial charge in [-0.25, -0.2) is 9.59 Å². The van der Waals surface area contributed by atoms with Crippen LogP contribution in [0.5, 0.6) is 0 Å². The summed E-state index contributed by atoms with van der Waals surface area (Å²) in [4.78, 5) is 36.9. The summed E-state index contributed by atoms with van der Waals surface area (Å²) < 4.78 is 5.41. The summed E-state index contributed by atoms with van der Waals surface area (Å²) in [6.45, 7) is -0.0126. The lowest BCUT2D eigenvalue weighted by Crippen LogP contribution is -2.44. The van der Waals surface area contributed by atoms with Crippen molar-refractivity contribution in [3.05, 3.63) is 59.7 Å². The van der Waals surface area contributed by atoms with Gasteiger partial charge in [-0.2, -0.15) is 0 Å². The molecule has 1 saturated heterocycles. The number of aliphatic carboxylic acids is 1. The monoisotopic (exact) mass is 456 g/mol. The van der Waals surface area contributed by atoms with Gasteiger partial charge in [0.25, 0.3) is 0 Å². The number of rotatable bonds is 7. The van der Waals surface area contributed by atoms with Crippen LogP contribution in [0.2, 0.25) is 0 Å². The Hall–Kier alpha value is -3.04. The number of nitrogens with one attached hydrogen (secondary N) is 1. The van der Waals surface area contributed by atoms with Crippen LogP contribution in [0.25, 0.3) is 11.1 Å². The highest BCUT2D eigenvalue weighted by molar-refractivity contribution is 7.99. The second kappa shape index (κ2) is 9.62. The number of carbonyl (C=O) groups is 3. The largest absolute Gasteiger partial charge is 0.480 e. The van der Waals surface area contributed by atoms with Gasteiger partial charge < -0.3 is 25.2 Å². The van der Waals surface area contributed by atoms with E-state index in [1.54, 1.807) is 0 Å². The van der Waals surface area contributed by atoms with Gasteiger partial charge in [-0.05, 0) is 22.3 Å². The maximum absolute atomic E-state index is 12.3. The van der Waals surface area contributed by atoms with E-state index in [1.165, 1.54) is 16.7 Å². The Morgan fingerprint density at radius 1 is 1.09 bits per heavy atom. The Morgan fingerprint density at radius 3 is 2.34 bits per heavy atom. The Balaban J connectivity index is 1.27. The van der Waals surface area contributed by atoms with Gasteiger partial charge in [0.1, 0.15) is 12.6 Å². The van der Waals surface area contributed by atoms with Crippen molar-refractivity contribution >= 4 is 29.7 Å². The summed E-state index contributed by atoms with van der Waals surface area (Å²) >= 11 is 1.35. The van der Waals surface area contributed by atoms with Crippen LogP contribution in [-0.4, -0.2) is 70.0 Å². The van der Waals surface area contributed by atoms with E-state index in [4.69, 9.17) is 4.74 Å². The van der Waals surface area contributed by atoms with Crippen molar-refractivity contribution < 1.29 is 29.3 Å². The van der Waals surface area contributed by atoms with Crippen LogP contribution < -0.4 is 5.32 Å². The zero-order chi connectivity index (χ0) is 22.7. The molecule has 2 aromatic carbocycles. The fourth-order valence-electron chi connectivity index (χ4n) is 4.13. The van der Waals surface area contributed by atoms with Gasteiger partial charge in [0, 0.05) is 18.2 Å². The fourth-order valence-corrected chi connectivity index (χ4v) is 5.31. The van der Waals surface area contributed by atoms with Gasteiger partial charge >= 0.3 is 12.1 Å². The molecule has 1 heterocycles. The number of hydrogen-bond acceptors (Lipinski definition) is 6. The molecule has 1 aliphatic heterocycles. The summed E-state index contributed by atoms with van der Waals surface area (Å²) in [5, 5.41) is 21.8. The van der Waals surface area contributed by atoms with Crippen LogP contribution in [0.15, 0.2) is 48.5 Å². The molecule has 0 spiro atoms. The summed E-state index contributed by atoms with van der Waals surface area (Å²) in [6.07, 6.45) is -2.09. The Labute approximate surface area is 189 Å². The summed E-state index contributed by atoms with van der Waals surface area (Å²) in [5.74, 6) is -0.976. The van der Waals surface area contributed by atoms with Gasteiger partial charge in [0.05, 0.1) is 18.4 Å². The number of fused-ring (bicyclic) bond motifs is 3. The number of nitrogens with zero attached hydrogens (tertiary/aromatic N) is 1. The average molecular weight is 457 g/mol. The van der Waals surface area contributed by atoms with Crippen molar-refractivity contribution in [2.45, 2.75) is 24.5 Å². The molecule has 0 saturated carbocycles. The molecule has 8 nitrogen and oxygen atoms in total. The third-order valence-corrected chi connectivity index (χ3v) is 6.74. The molecule has 0 radical (unpaired) electrons. The molecule has 1 unspecified atom stereocenters. The van der Waals surface area contributed by atoms with E-state index in [9.17, 15) is 24.6 Å². The highest BCUT2D eigenvalue weighted by Gasteiger charge is 2.35. The third-order valence-electron chi connectivity index (χ3n) is 5.72. The van der Waals surface area contributed by atoms with Gasteiger partial charge in [-0.15, -0.1) is 11.8 Å². The summed E-state index contributed by atoms with van der Waals surface area (Å²) in [5.41, 5.74) is 4.46. The van der Waals surface area contributed by atoms with E-state index in [2.05, 4.69) is 17.4 Å². The Morgan fingerprint density at radius 2 is 1.72 bits per heavy atom. The number of aliphatic hydroxyl groups is 1. The normalized spacial score (nSPS) is 18.0. The molecule has 4 rings (SSSR count). The second-order valence-corrected chi connectivity index (χ2v) is 8.78. The molecule has 32 heavy (non-hydrogen) atoms. The minimum Gasteiger partial charge on any atom is -0.480 e. The number of hydrogen-bond donors (Lipinski definition) is 3. The lowest BCUT2D eigenvalue weighted by Gasteiger charge is -2.22. The number of carboxylic acid groups (broad SMARTS) is 1. The number of carbonyl (C=O) groups excluding carboxylic acids is 2. The van der Waals surface area contributed by atoms with Gasteiger partial charge in [0.15, 0.2) is 0 Å². The lowest BCUT2D eigenvalue weighted by atomic mass is 9.98. The maximum atomic E-state index is 12.3. The van der Waals surface area contributed by atoms with E-state index in [1.807, 2.05) is 36.4 Å². The smallest absolute Gasteiger partial charge is 0.407 e. The predicted molar refractivity (Wildman–Crippen MR) is 119 cm³/mol. The molecular weight excluding hydrogens is 432 g/mol. The lowest BCUT2D eigenvalue weighted by molar-refractivity contribution is -0.148. The standard InChI is InChI=1S/C23H24N2O6S/c26-14(9-21(27)25-13-32-12-20(25)22(28)29)10-24-23(30)31-11-19-17-7-3-1-5-15(17)16-6-2-4-8-18(16)19/h1-8,14,19-20,26H,9-13H2,(H,24,30)(H,28,29)/t14?,20-/m0/s1. The molecule has 9 heteroatoms. The topological polar surface area (TPSA) is 116 Å². The first-order chi connectivity index (χ1) is 15.5. The summed E-state index contributed by atoms with van der Waals surface area (Å²) in [7, 11) is 0. The Kier molecular flexibility index (Phi) is 6.66. The van der Waals surface area contributed by atoms with E-state index in [0.29, 0.717) is 5.75 Å². The van der Waals surface area contributed by atoms with Gasteiger partial charge in [0.2, 0.25) is 5.91 Å². The number of carboxylic acids is 1. The molecule has 168 valence electrons. The highest BCUT2D eigenvalue weighted by atomic mass is 32.2. The molecule has 1 aliphatic carbocycles. The number of thioether (sulfide) groups is 1. The molecule has 2 atom stereocenters. The van der Waals surface area contributed by atoms with Crippen molar-refractivity contribution in [1.29, 1.82) is 0 Å². The molecule has 1 fully saturated rings. The van der Waals surface area contributed by atoms with Gasteiger partial charge in [-0.1, -0.05) is 48.5 Å². The van der Waals surface area contributed by atoms with Crippen LogP contribution in [0.1, 0.15) is 23.5 Å². The summed E-state index contributed by atoms with van der Waals surface area (Å²) in [6, 6.07) is 15.1. The zero-order valence-electron chi connectivity index (χ0n) is 17.3. The zero-order valence-corrected chi connectivity index (χ0v) is 18.1. The number of benzene rings is 2.